The van der Waals surface area contributed by atoms with Gasteiger partial charge in [-0.1, -0.05) is 29.8 Å². The first-order valence-electron chi connectivity index (χ1n) is 9.52. The zero-order valence-electron chi connectivity index (χ0n) is 16.6. The smallest absolute Gasteiger partial charge is 0.259 e. The Morgan fingerprint density at radius 3 is 2.57 bits per heavy atom. The highest BCUT2D eigenvalue weighted by Gasteiger charge is 2.10. The third-order valence-corrected chi connectivity index (χ3v) is 4.99. The van der Waals surface area contributed by atoms with Crippen LogP contribution in [0.25, 0.3) is 22.0 Å². The van der Waals surface area contributed by atoms with Crippen LogP contribution < -0.4 is 10.3 Å². The Balaban J connectivity index is 1.61. The molecule has 0 amide bonds. The summed E-state index contributed by atoms with van der Waals surface area (Å²) in [7, 11) is 0. The number of halogens is 1. The maximum absolute atomic E-state index is 12.3. The summed E-state index contributed by atoms with van der Waals surface area (Å²) >= 11 is 6.49. The molecule has 1 N–H and O–H groups in total. The molecule has 0 saturated carbocycles. The summed E-state index contributed by atoms with van der Waals surface area (Å²) < 4.78 is 5.99. The molecule has 0 spiro atoms. The van der Waals surface area contributed by atoms with Crippen molar-refractivity contribution in [1.29, 1.82) is 0 Å². The number of hydrogen-bond acceptors (Lipinski definition) is 4. The number of rotatable bonds is 5. The lowest BCUT2D eigenvalue weighted by atomic mass is 10.1. The van der Waals surface area contributed by atoms with E-state index >= 15 is 0 Å². The number of aromatic amines is 1. The first kappa shape index (κ1) is 19.9. The van der Waals surface area contributed by atoms with Crippen LogP contribution in [0.5, 0.6) is 5.75 Å². The zero-order valence-corrected chi connectivity index (χ0v) is 17.4. The highest BCUT2D eigenvalue weighted by Crippen LogP contribution is 2.28. The Labute approximate surface area is 179 Å². The van der Waals surface area contributed by atoms with Gasteiger partial charge in [-0.3, -0.25) is 9.78 Å². The van der Waals surface area contributed by atoms with Gasteiger partial charge in [-0.2, -0.15) is 0 Å². The van der Waals surface area contributed by atoms with Crippen LogP contribution in [0, 0.1) is 13.8 Å². The second-order valence-electron chi connectivity index (χ2n) is 7.02. The molecule has 0 aliphatic heterocycles. The number of ether oxygens (including phenoxy) is 1. The van der Waals surface area contributed by atoms with E-state index in [1.54, 1.807) is 30.5 Å². The molecule has 0 bridgehead atoms. The lowest BCUT2D eigenvalue weighted by Crippen LogP contribution is -2.10. The number of nitrogens with zero attached hydrogens (tertiary/aromatic N) is 2. The normalized spacial score (nSPS) is 11.6. The van der Waals surface area contributed by atoms with Crippen LogP contribution in [0.2, 0.25) is 0 Å². The summed E-state index contributed by atoms with van der Waals surface area (Å²) in [6.45, 7) is 4.38. The summed E-state index contributed by atoms with van der Waals surface area (Å²) in [4.78, 5) is 23.8. The number of hydrogen-bond donors (Lipinski definition) is 1. The monoisotopic (exact) mass is 417 g/mol. The molecular formula is C24H20ClN3O2. The van der Waals surface area contributed by atoms with Gasteiger partial charge >= 0.3 is 0 Å². The molecule has 4 aromatic rings. The van der Waals surface area contributed by atoms with Crippen molar-refractivity contribution in [2.75, 3.05) is 0 Å². The first-order chi connectivity index (χ1) is 14.5. The van der Waals surface area contributed by atoms with Crippen molar-refractivity contribution in [3.63, 3.8) is 0 Å². The van der Waals surface area contributed by atoms with Crippen LogP contribution in [-0.4, -0.2) is 15.0 Å². The van der Waals surface area contributed by atoms with Crippen molar-refractivity contribution in [3.8, 4) is 5.75 Å². The summed E-state index contributed by atoms with van der Waals surface area (Å²) in [5, 5.41) is 0.894. The van der Waals surface area contributed by atoms with Gasteiger partial charge in [0.25, 0.3) is 5.56 Å². The lowest BCUT2D eigenvalue weighted by molar-refractivity contribution is 0.297. The lowest BCUT2D eigenvalue weighted by Gasteiger charge is -2.13. The third kappa shape index (κ3) is 4.26. The van der Waals surface area contributed by atoms with Gasteiger partial charge in [0.05, 0.1) is 21.6 Å². The van der Waals surface area contributed by atoms with Crippen LogP contribution in [0.4, 0.5) is 0 Å². The number of H-pyrrole nitrogens is 1. The number of para-hydroxylation sites is 1. The van der Waals surface area contributed by atoms with Gasteiger partial charge < -0.3 is 9.72 Å². The molecule has 2 aromatic carbocycles. The molecular weight excluding hydrogens is 398 g/mol. The maximum atomic E-state index is 12.3. The summed E-state index contributed by atoms with van der Waals surface area (Å²) in [6.07, 6.45) is 3.54. The molecule has 0 unspecified atom stereocenters. The maximum Gasteiger partial charge on any atom is 0.259 e. The predicted octanol–water partition coefficient (Wildman–Crippen LogP) is 5.25. The summed E-state index contributed by atoms with van der Waals surface area (Å²) in [5.74, 6) is 1.16. The van der Waals surface area contributed by atoms with E-state index in [1.165, 1.54) is 0 Å². The van der Waals surface area contributed by atoms with E-state index in [0.29, 0.717) is 28.4 Å². The van der Waals surface area contributed by atoms with E-state index < -0.39 is 0 Å². The van der Waals surface area contributed by atoms with Crippen molar-refractivity contribution in [3.05, 3.63) is 99.4 Å². The van der Waals surface area contributed by atoms with E-state index in [1.807, 2.05) is 50.2 Å². The van der Waals surface area contributed by atoms with E-state index in [4.69, 9.17) is 16.3 Å². The third-order valence-electron chi connectivity index (χ3n) is 4.71. The van der Waals surface area contributed by atoms with Gasteiger partial charge in [-0.05, 0) is 73.0 Å². The molecule has 0 atom stereocenters. The molecule has 5 nitrogen and oxygen atoms in total. The molecule has 4 rings (SSSR count). The van der Waals surface area contributed by atoms with Crippen molar-refractivity contribution >= 4 is 33.6 Å². The Bertz CT molecular complexity index is 1270. The molecule has 0 aliphatic rings. The van der Waals surface area contributed by atoms with Gasteiger partial charge in [0.15, 0.2) is 5.82 Å². The van der Waals surface area contributed by atoms with Gasteiger partial charge in [-0.15, -0.1) is 0 Å². The molecule has 0 radical (unpaired) electrons. The highest BCUT2D eigenvalue weighted by atomic mass is 35.5. The van der Waals surface area contributed by atoms with Crippen molar-refractivity contribution in [2.24, 2.45) is 0 Å². The van der Waals surface area contributed by atoms with E-state index in [9.17, 15) is 4.79 Å². The number of aromatic nitrogens is 3. The van der Waals surface area contributed by atoms with Gasteiger partial charge in [0, 0.05) is 6.20 Å². The topological polar surface area (TPSA) is 67.9 Å². The van der Waals surface area contributed by atoms with Crippen molar-refractivity contribution in [2.45, 2.75) is 20.5 Å². The average molecular weight is 418 g/mol. The van der Waals surface area contributed by atoms with E-state index in [2.05, 4.69) is 15.0 Å². The zero-order chi connectivity index (χ0) is 21.1. The van der Waals surface area contributed by atoms with Gasteiger partial charge in [0.1, 0.15) is 12.4 Å². The Morgan fingerprint density at radius 2 is 1.83 bits per heavy atom. The fourth-order valence-electron chi connectivity index (χ4n) is 3.34. The minimum absolute atomic E-state index is 0.215. The van der Waals surface area contributed by atoms with Crippen LogP contribution in [-0.2, 0) is 6.61 Å². The Hall–Kier alpha value is -3.44. The summed E-state index contributed by atoms with van der Waals surface area (Å²) in [5.41, 5.74) is 4.13. The largest absolute Gasteiger partial charge is 0.487 e. The quantitative estimate of drug-likeness (QED) is 0.481. The van der Waals surface area contributed by atoms with Crippen LogP contribution in [0.1, 0.15) is 28.2 Å². The van der Waals surface area contributed by atoms with Crippen molar-refractivity contribution in [1.82, 2.24) is 15.0 Å². The predicted molar refractivity (Wildman–Crippen MR) is 121 cm³/mol. The molecule has 150 valence electrons. The number of aryl methyl sites for hydroxylation is 2. The van der Waals surface area contributed by atoms with Gasteiger partial charge in [-0.25, -0.2) is 4.98 Å². The Kier molecular flexibility index (Phi) is 5.63. The van der Waals surface area contributed by atoms with E-state index in [-0.39, 0.29) is 5.56 Å². The summed E-state index contributed by atoms with van der Waals surface area (Å²) in [6, 6.07) is 16.9. The van der Waals surface area contributed by atoms with E-state index in [0.717, 1.165) is 28.1 Å². The molecule has 6 heteroatoms. The fourth-order valence-corrected chi connectivity index (χ4v) is 3.55. The fraction of sp³-hybridized carbons (Fsp3) is 0.125. The minimum atomic E-state index is -0.215. The average Bonchev–Trinajstić information content (AvgIpc) is 2.74. The van der Waals surface area contributed by atoms with Gasteiger partial charge in [0.2, 0.25) is 0 Å². The highest BCUT2D eigenvalue weighted by molar-refractivity contribution is 6.50. The number of pyridine rings is 1. The minimum Gasteiger partial charge on any atom is -0.487 e. The first-order valence-corrected chi connectivity index (χ1v) is 9.89. The van der Waals surface area contributed by atoms with Crippen LogP contribution in [0.15, 0.2) is 65.6 Å². The number of fused-ring (bicyclic) bond motifs is 1. The molecule has 2 heterocycles. The molecule has 0 saturated heterocycles. The second-order valence-corrected chi connectivity index (χ2v) is 7.42. The van der Waals surface area contributed by atoms with Crippen molar-refractivity contribution < 1.29 is 4.74 Å². The van der Waals surface area contributed by atoms with Crippen LogP contribution >= 0.6 is 11.6 Å². The molecule has 2 aromatic heterocycles. The second kappa shape index (κ2) is 8.51. The SMILES string of the molecule is Cc1cc(/C=C(\Cl)c2nc3ccccc3c(=O)[nH]2)cc(C)c1OCc1ccccn1. The Morgan fingerprint density at radius 1 is 1.10 bits per heavy atom. The molecule has 0 fully saturated rings. The molecule has 30 heavy (non-hydrogen) atoms. The standard InChI is InChI=1S/C24H20ClN3O2/c1-15-11-17(12-16(2)22(15)30-14-18-7-5-6-10-26-18)13-20(25)23-27-21-9-4-3-8-19(21)24(29)28-23/h3-13H,14H2,1-2H3,(H,27,28,29)/b20-13-. The number of nitrogens with one attached hydrogen (secondary N) is 1. The van der Waals surface area contributed by atoms with Crippen LogP contribution in [0.3, 0.4) is 0 Å². The number of benzene rings is 2. The molecule has 0 aliphatic carbocycles.